The quantitative estimate of drug-likeness (QED) is 0.195. The van der Waals surface area contributed by atoms with Crippen LogP contribution < -0.4 is 5.32 Å². The number of fused-ring (bicyclic) bond motifs is 1. The number of aromatic nitrogens is 4. The number of ether oxygens (including phenoxy) is 3. The number of hydrogen-bond acceptors (Lipinski definition) is 9. The van der Waals surface area contributed by atoms with Crippen LogP contribution >= 0.6 is 0 Å². The topological polar surface area (TPSA) is 158 Å². The number of amides is 3. The summed E-state index contributed by atoms with van der Waals surface area (Å²) >= 11 is 0. The van der Waals surface area contributed by atoms with Crippen LogP contribution in [0.3, 0.4) is 0 Å². The molecule has 8 rings (SSSR count). The number of H-pyrrole nitrogens is 2. The van der Waals surface area contributed by atoms with Gasteiger partial charge in [0.1, 0.15) is 17.7 Å². The first-order valence-electron chi connectivity index (χ1n) is 19.8. The van der Waals surface area contributed by atoms with Gasteiger partial charge in [-0.1, -0.05) is 62.4 Å². The van der Waals surface area contributed by atoms with Crippen LogP contribution in [0.15, 0.2) is 60.9 Å². The van der Waals surface area contributed by atoms with Crippen molar-refractivity contribution in [3.8, 4) is 33.6 Å². The molecule has 4 aliphatic rings. The summed E-state index contributed by atoms with van der Waals surface area (Å²) in [6.45, 7) is 4.89. The van der Waals surface area contributed by atoms with Gasteiger partial charge in [-0.25, -0.2) is 14.8 Å². The van der Waals surface area contributed by atoms with E-state index in [0.717, 1.165) is 71.6 Å². The third-order valence-corrected chi connectivity index (χ3v) is 12.0. The third kappa shape index (κ3) is 7.21. The zero-order valence-corrected chi connectivity index (χ0v) is 32.8. The second-order valence-electron chi connectivity index (χ2n) is 16.1. The van der Waals surface area contributed by atoms with E-state index in [0.29, 0.717) is 25.5 Å². The minimum absolute atomic E-state index is 0.0235. The highest BCUT2D eigenvalue weighted by atomic mass is 16.7. The number of likely N-dealkylation sites (tertiary alicyclic amines) is 1. The first kappa shape index (κ1) is 37.9. The Hall–Kier alpha value is -5.05. The maximum Gasteiger partial charge on any atom is 0.407 e. The molecular weight excluding hydrogens is 713 g/mol. The number of hydrogen-bond donors (Lipinski definition) is 3. The van der Waals surface area contributed by atoms with Crippen LogP contribution in [0.1, 0.15) is 76.1 Å². The fourth-order valence-corrected chi connectivity index (χ4v) is 8.98. The Balaban J connectivity index is 0.958. The molecule has 3 amide bonds. The molecule has 0 radical (unpaired) electrons. The molecule has 3 N–H and O–H groups in total. The van der Waals surface area contributed by atoms with E-state index in [-0.39, 0.29) is 42.4 Å². The lowest BCUT2D eigenvalue weighted by Crippen LogP contribution is -2.52. The number of nitrogens with one attached hydrogen (secondary N) is 3. The summed E-state index contributed by atoms with van der Waals surface area (Å²) in [4.78, 5) is 62.1. The largest absolute Gasteiger partial charge is 0.453 e. The van der Waals surface area contributed by atoms with Crippen molar-refractivity contribution in [1.29, 1.82) is 0 Å². The zero-order chi connectivity index (χ0) is 39.1. The van der Waals surface area contributed by atoms with Gasteiger partial charge in [0, 0.05) is 12.5 Å². The van der Waals surface area contributed by atoms with Gasteiger partial charge < -0.3 is 39.3 Å². The highest BCUT2D eigenvalue weighted by molar-refractivity contribution is 5.86. The average Bonchev–Trinajstić information content (AvgIpc) is 4.05. The van der Waals surface area contributed by atoms with E-state index >= 15 is 0 Å². The van der Waals surface area contributed by atoms with Crippen molar-refractivity contribution in [2.75, 3.05) is 41.0 Å². The van der Waals surface area contributed by atoms with Gasteiger partial charge in [0.2, 0.25) is 11.8 Å². The normalized spacial score (nSPS) is 23.9. The Morgan fingerprint density at radius 2 is 1.43 bits per heavy atom. The van der Waals surface area contributed by atoms with Gasteiger partial charge in [-0.2, -0.15) is 0 Å². The van der Waals surface area contributed by atoms with Gasteiger partial charge in [0.25, 0.3) is 0 Å². The first-order chi connectivity index (χ1) is 27.0. The van der Waals surface area contributed by atoms with E-state index in [2.05, 4.69) is 73.6 Å². The molecule has 1 spiro atoms. The van der Waals surface area contributed by atoms with E-state index in [1.807, 2.05) is 34.1 Å². The van der Waals surface area contributed by atoms with Crippen molar-refractivity contribution in [2.45, 2.75) is 88.4 Å². The van der Waals surface area contributed by atoms with Gasteiger partial charge in [-0.3, -0.25) is 14.5 Å². The number of imidazole rings is 2. The van der Waals surface area contributed by atoms with Crippen LogP contribution in [0.4, 0.5) is 4.79 Å². The molecule has 0 bridgehead atoms. The van der Waals surface area contributed by atoms with Crippen molar-refractivity contribution in [3.05, 3.63) is 72.6 Å². The highest BCUT2D eigenvalue weighted by Gasteiger charge is 2.53. The monoisotopic (exact) mass is 764 g/mol. The average molecular weight is 765 g/mol. The van der Waals surface area contributed by atoms with E-state index in [1.165, 1.54) is 7.11 Å². The summed E-state index contributed by atoms with van der Waals surface area (Å²) < 4.78 is 16.8. The van der Waals surface area contributed by atoms with Gasteiger partial charge in [-0.15, -0.1) is 0 Å². The second kappa shape index (κ2) is 15.5. The highest BCUT2D eigenvalue weighted by Crippen LogP contribution is 2.43. The predicted molar refractivity (Wildman–Crippen MR) is 209 cm³/mol. The van der Waals surface area contributed by atoms with Gasteiger partial charge in [0.15, 0.2) is 5.79 Å². The molecule has 6 heterocycles. The Bertz CT molecular complexity index is 2040. The molecule has 4 saturated heterocycles. The molecule has 0 saturated carbocycles. The van der Waals surface area contributed by atoms with Crippen molar-refractivity contribution in [2.24, 2.45) is 5.92 Å². The molecule has 14 heteroatoms. The molecule has 14 nitrogen and oxygen atoms in total. The lowest BCUT2D eigenvalue weighted by Gasteiger charge is -2.32. The van der Waals surface area contributed by atoms with E-state index in [9.17, 15) is 14.4 Å². The van der Waals surface area contributed by atoms with Gasteiger partial charge >= 0.3 is 6.09 Å². The molecule has 4 fully saturated rings. The van der Waals surface area contributed by atoms with Crippen LogP contribution in [0.2, 0.25) is 0 Å². The van der Waals surface area contributed by atoms with Crippen LogP contribution in [-0.4, -0.2) is 117 Å². The third-order valence-electron chi connectivity index (χ3n) is 12.0. The first-order valence-corrected chi connectivity index (χ1v) is 19.8. The maximum absolute atomic E-state index is 13.9. The number of likely N-dealkylation sites (N-methyl/N-ethyl adjacent to an activating group) is 1. The van der Waals surface area contributed by atoms with Gasteiger partial charge in [0.05, 0.1) is 68.8 Å². The lowest BCUT2D eigenvalue weighted by atomic mass is 10.0. The van der Waals surface area contributed by atoms with Crippen LogP contribution in [0.25, 0.3) is 33.6 Å². The van der Waals surface area contributed by atoms with Crippen molar-refractivity contribution < 1.29 is 28.6 Å². The van der Waals surface area contributed by atoms with Crippen molar-refractivity contribution >= 4 is 17.9 Å². The summed E-state index contributed by atoms with van der Waals surface area (Å²) in [5, 5.41) is 2.70. The van der Waals surface area contributed by atoms with Crippen LogP contribution in [0, 0.1) is 5.92 Å². The Morgan fingerprint density at radius 1 is 0.857 bits per heavy atom. The SMILES string of the molecule is COC(=O)N[C@H](C(=O)N1CC2(C[C@H]1c1ncc(-c3ccc(-c4ccc(-c5cnc([C@@H]6CC[C@H]7CCC[C@@H](N(C)C)C(=O)N76)[nH]5)cc4)cc3)[nH]1)OCCO2)C(C)C. The molecule has 2 aromatic heterocycles. The molecule has 56 heavy (non-hydrogen) atoms. The van der Waals surface area contributed by atoms with Crippen LogP contribution in [-0.2, 0) is 23.8 Å². The molecule has 5 atom stereocenters. The summed E-state index contributed by atoms with van der Waals surface area (Å²) in [7, 11) is 5.27. The van der Waals surface area contributed by atoms with Crippen LogP contribution in [0.5, 0.6) is 0 Å². The van der Waals surface area contributed by atoms with Crippen molar-refractivity contribution in [1.82, 2.24) is 40.0 Å². The second-order valence-corrected chi connectivity index (χ2v) is 16.1. The summed E-state index contributed by atoms with van der Waals surface area (Å²) in [5.74, 6) is 0.363. The smallest absolute Gasteiger partial charge is 0.407 e. The van der Waals surface area contributed by atoms with E-state index in [4.69, 9.17) is 24.2 Å². The van der Waals surface area contributed by atoms with E-state index < -0.39 is 24.0 Å². The number of rotatable bonds is 9. The number of aromatic amines is 2. The maximum atomic E-state index is 13.9. The number of methoxy groups -OCH3 is 1. The molecule has 4 aromatic rings. The molecule has 0 unspecified atom stereocenters. The van der Waals surface area contributed by atoms with E-state index in [1.54, 1.807) is 11.1 Å². The number of nitrogens with zero attached hydrogens (tertiary/aromatic N) is 5. The number of alkyl carbamates (subject to hydrolysis) is 1. The predicted octanol–water partition coefficient (Wildman–Crippen LogP) is 5.68. The molecular formula is C42H52N8O6. The molecule has 4 aliphatic heterocycles. The lowest BCUT2D eigenvalue weighted by molar-refractivity contribution is -0.153. The Kier molecular flexibility index (Phi) is 10.5. The fourth-order valence-electron chi connectivity index (χ4n) is 8.98. The summed E-state index contributed by atoms with van der Waals surface area (Å²) in [6.07, 6.45) is 8.39. The number of carbonyl (C=O) groups excluding carboxylic acids is 3. The Labute approximate surface area is 327 Å². The minimum Gasteiger partial charge on any atom is -0.453 e. The van der Waals surface area contributed by atoms with Crippen molar-refractivity contribution in [3.63, 3.8) is 0 Å². The number of carbonyl (C=O) groups is 3. The minimum atomic E-state index is -0.917. The molecule has 0 aliphatic carbocycles. The molecule has 296 valence electrons. The summed E-state index contributed by atoms with van der Waals surface area (Å²) in [5.41, 5.74) is 5.89. The standard InChI is InChI=1S/C42H52N8O6/c1-25(2)36(47-41(53)54-5)40(52)49-24-42(55-19-20-56-42)21-35(49)38-44-23-32(46-38)29-15-11-27(12-16-29)26-9-13-28(14-10-26)31-22-43-37(45-31)33-18-17-30-7-6-8-34(48(3)4)39(51)50(30)33/h9-16,22-23,25,30,33-36H,6-8,17-21,24H2,1-5H3,(H,43,45)(H,44,46)(H,47,53)/t30-,33+,34-,35+,36+/m1/s1. The van der Waals surface area contributed by atoms with Gasteiger partial charge in [-0.05, 0) is 74.4 Å². The number of benzene rings is 2. The Morgan fingerprint density at radius 3 is 1.98 bits per heavy atom. The molecule has 2 aromatic carbocycles. The summed E-state index contributed by atoms with van der Waals surface area (Å²) in [6, 6.07) is 15.6. The fraction of sp³-hybridized carbons (Fsp3) is 0.500. The zero-order valence-electron chi connectivity index (χ0n) is 32.8.